The first kappa shape index (κ1) is 8.87. The Morgan fingerprint density at radius 1 is 1.64 bits per heavy atom. The summed E-state index contributed by atoms with van der Waals surface area (Å²) in [5, 5.41) is 0. The number of hydrogen-bond acceptors (Lipinski definition) is 3. The molecule has 0 saturated carbocycles. The van der Waals surface area contributed by atoms with Crippen molar-refractivity contribution in [1.82, 2.24) is 0 Å². The van der Waals surface area contributed by atoms with E-state index in [1.54, 1.807) is 0 Å². The topological polar surface area (TPSA) is 69.1 Å². The molecular weight excluding hydrogens is 160 g/mol. The Balaban J connectivity index is 2.38. The van der Waals surface area contributed by atoms with Crippen molar-refractivity contribution in [3.05, 3.63) is 0 Å². The monoisotopic (exact) mass is 174 g/mol. The van der Waals surface area contributed by atoms with Crippen LogP contribution in [0.2, 0.25) is 0 Å². The number of thioether (sulfide) groups is 1. The number of amides is 1. The largest absolute Gasteiger partial charge is 0.368 e. The van der Waals surface area contributed by atoms with Crippen LogP contribution in [0.1, 0.15) is 12.8 Å². The molecule has 4 heteroatoms. The molecule has 0 aliphatic carbocycles. The van der Waals surface area contributed by atoms with Gasteiger partial charge in [-0.15, -0.1) is 0 Å². The van der Waals surface area contributed by atoms with E-state index in [1.165, 1.54) is 5.75 Å². The molecule has 3 nitrogen and oxygen atoms in total. The molecule has 0 aromatic carbocycles. The number of hydrogen-bond donors (Lipinski definition) is 2. The average molecular weight is 174 g/mol. The zero-order valence-electron chi connectivity index (χ0n) is 6.45. The van der Waals surface area contributed by atoms with Crippen LogP contribution < -0.4 is 11.5 Å². The van der Waals surface area contributed by atoms with E-state index in [0.717, 1.165) is 18.6 Å². The molecular formula is C7H14N2OS. The molecule has 4 N–H and O–H groups in total. The quantitative estimate of drug-likeness (QED) is 0.616. The minimum atomic E-state index is -0.428. The third-order valence-electron chi connectivity index (χ3n) is 2.03. The Hall–Kier alpha value is -0.220. The molecule has 1 heterocycles. The van der Waals surface area contributed by atoms with Crippen LogP contribution in [-0.2, 0) is 4.79 Å². The maximum absolute atomic E-state index is 10.7. The second-order valence-electron chi connectivity index (χ2n) is 2.91. The SMILES string of the molecule is NC(=O)C(N)C1CCCSC1. The normalized spacial score (nSPS) is 27.9. The molecule has 0 aromatic heterocycles. The van der Waals surface area contributed by atoms with E-state index in [9.17, 15) is 4.79 Å². The van der Waals surface area contributed by atoms with Gasteiger partial charge in [0.05, 0.1) is 6.04 Å². The molecule has 1 rings (SSSR count). The van der Waals surface area contributed by atoms with E-state index in [0.29, 0.717) is 5.92 Å². The van der Waals surface area contributed by atoms with Gasteiger partial charge in [0, 0.05) is 0 Å². The van der Waals surface area contributed by atoms with Gasteiger partial charge in [0.15, 0.2) is 0 Å². The molecule has 2 atom stereocenters. The van der Waals surface area contributed by atoms with Gasteiger partial charge in [0.1, 0.15) is 0 Å². The summed E-state index contributed by atoms with van der Waals surface area (Å²) in [6, 6.07) is -0.428. The van der Waals surface area contributed by atoms with Crippen LogP contribution in [0.4, 0.5) is 0 Å². The minimum Gasteiger partial charge on any atom is -0.368 e. The predicted molar refractivity (Wildman–Crippen MR) is 47.2 cm³/mol. The van der Waals surface area contributed by atoms with Crippen molar-refractivity contribution in [3.8, 4) is 0 Å². The molecule has 1 saturated heterocycles. The summed E-state index contributed by atoms with van der Waals surface area (Å²) in [6.07, 6.45) is 2.22. The zero-order chi connectivity index (χ0) is 8.27. The fourth-order valence-electron chi connectivity index (χ4n) is 1.28. The molecule has 1 aliphatic heterocycles. The maximum atomic E-state index is 10.7. The summed E-state index contributed by atoms with van der Waals surface area (Å²) in [5.74, 6) is 2.13. The Morgan fingerprint density at radius 2 is 2.36 bits per heavy atom. The van der Waals surface area contributed by atoms with Gasteiger partial charge in [0.25, 0.3) is 0 Å². The van der Waals surface area contributed by atoms with E-state index >= 15 is 0 Å². The molecule has 11 heavy (non-hydrogen) atoms. The lowest BCUT2D eigenvalue weighted by atomic mass is 9.97. The number of nitrogens with two attached hydrogens (primary N) is 2. The van der Waals surface area contributed by atoms with E-state index < -0.39 is 6.04 Å². The maximum Gasteiger partial charge on any atom is 0.234 e. The number of carbonyl (C=O) groups excluding carboxylic acids is 1. The standard InChI is InChI=1S/C7H14N2OS/c8-6(7(9)10)5-2-1-3-11-4-5/h5-6H,1-4,8H2,(H2,9,10). The van der Waals surface area contributed by atoms with Crippen molar-refractivity contribution in [2.24, 2.45) is 17.4 Å². The first-order valence-electron chi connectivity index (χ1n) is 3.84. The summed E-state index contributed by atoms with van der Waals surface area (Å²) in [4.78, 5) is 10.7. The van der Waals surface area contributed by atoms with Crippen molar-refractivity contribution in [2.45, 2.75) is 18.9 Å². The Kier molecular flexibility index (Phi) is 3.20. The second kappa shape index (κ2) is 3.97. The highest BCUT2D eigenvalue weighted by atomic mass is 32.2. The molecule has 0 spiro atoms. The second-order valence-corrected chi connectivity index (χ2v) is 4.06. The van der Waals surface area contributed by atoms with Crippen LogP contribution in [0.25, 0.3) is 0 Å². The highest BCUT2D eigenvalue weighted by Gasteiger charge is 2.24. The summed E-state index contributed by atoms with van der Waals surface area (Å²) >= 11 is 1.86. The Bertz CT molecular complexity index is 145. The minimum absolute atomic E-state index is 0.311. The van der Waals surface area contributed by atoms with Crippen molar-refractivity contribution in [3.63, 3.8) is 0 Å². The number of carbonyl (C=O) groups is 1. The van der Waals surface area contributed by atoms with Gasteiger partial charge < -0.3 is 11.5 Å². The van der Waals surface area contributed by atoms with Crippen molar-refractivity contribution in [1.29, 1.82) is 0 Å². The molecule has 0 aromatic rings. The highest BCUT2D eigenvalue weighted by molar-refractivity contribution is 7.99. The fraction of sp³-hybridized carbons (Fsp3) is 0.857. The van der Waals surface area contributed by atoms with Gasteiger partial charge in [-0.05, 0) is 30.3 Å². The number of primary amides is 1. The zero-order valence-corrected chi connectivity index (χ0v) is 7.27. The summed E-state index contributed by atoms with van der Waals surface area (Å²) in [7, 11) is 0. The van der Waals surface area contributed by atoms with Crippen LogP contribution in [0.3, 0.4) is 0 Å². The van der Waals surface area contributed by atoms with Gasteiger partial charge in [0.2, 0.25) is 5.91 Å². The van der Waals surface area contributed by atoms with Gasteiger partial charge >= 0.3 is 0 Å². The Morgan fingerprint density at radius 3 is 2.82 bits per heavy atom. The molecule has 1 aliphatic rings. The third kappa shape index (κ3) is 2.38. The van der Waals surface area contributed by atoms with E-state index in [2.05, 4.69) is 0 Å². The van der Waals surface area contributed by atoms with Crippen LogP contribution in [0.15, 0.2) is 0 Å². The van der Waals surface area contributed by atoms with Crippen LogP contribution in [-0.4, -0.2) is 23.5 Å². The van der Waals surface area contributed by atoms with E-state index in [1.807, 2.05) is 11.8 Å². The molecule has 2 unspecified atom stereocenters. The van der Waals surface area contributed by atoms with Crippen molar-refractivity contribution < 1.29 is 4.79 Å². The van der Waals surface area contributed by atoms with Gasteiger partial charge in [-0.2, -0.15) is 11.8 Å². The summed E-state index contributed by atoms with van der Waals surface area (Å²) in [6.45, 7) is 0. The van der Waals surface area contributed by atoms with E-state index in [4.69, 9.17) is 11.5 Å². The predicted octanol–water partition coefficient (Wildman–Crippen LogP) is -0.0578. The van der Waals surface area contributed by atoms with Crippen molar-refractivity contribution >= 4 is 17.7 Å². The molecule has 0 radical (unpaired) electrons. The highest BCUT2D eigenvalue weighted by Crippen LogP contribution is 2.24. The van der Waals surface area contributed by atoms with Crippen LogP contribution in [0.5, 0.6) is 0 Å². The Labute approximate surface area is 70.9 Å². The van der Waals surface area contributed by atoms with Crippen LogP contribution in [0, 0.1) is 5.92 Å². The van der Waals surface area contributed by atoms with Gasteiger partial charge in [-0.3, -0.25) is 4.79 Å². The lowest BCUT2D eigenvalue weighted by molar-refractivity contribution is -0.120. The third-order valence-corrected chi connectivity index (χ3v) is 3.27. The average Bonchev–Trinajstić information content (AvgIpc) is 2.05. The first-order valence-corrected chi connectivity index (χ1v) is 5.00. The molecule has 64 valence electrons. The van der Waals surface area contributed by atoms with Crippen molar-refractivity contribution in [2.75, 3.05) is 11.5 Å². The summed E-state index contributed by atoms with van der Waals surface area (Å²) < 4.78 is 0. The summed E-state index contributed by atoms with van der Waals surface area (Å²) in [5.41, 5.74) is 10.7. The van der Waals surface area contributed by atoms with Gasteiger partial charge in [-0.1, -0.05) is 0 Å². The molecule has 1 amide bonds. The van der Waals surface area contributed by atoms with Gasteiger partial charge in [-0.25, -0.2) is 0 Å². The van der Waals surface area contributed by atoms with E-state index in [-0.39, 0.29) is 5.91 Å². The lowest BCUT2D eigenvalue weighted by Crippen LogP contribution is -2.44. The lowest BCUT2D eigenvalue weighted by Gasteiger charge is -2.24. The molecule has 1 fully saturated rings. The van der Waals surface area contributed by atoms with Crippen LogP contribution >= 0.6 is 11.8 Å². The fourth-order valence-corrected chi connectivity index (χ4v) is 2.50. The number of rotatable bonds is 2. The first-order chi connectivity index (χ1) is 5.22. The smallest absolute Gasteiger partial charge is 0.234 e. The molecule has 0 bridgehead atoms.